The Morgan fingerprint density at radius 3 is 2.86 bits per heavy atom. The number of hydrogen-bond acceptors (Lipinski definition) is 1. The van der Waals surface area contributed by atoms with Crippen molar-refractivity contribution in [3.63, 3.8) is 0 Å². The van der Waals surface area contributed by atoms with Crippen LogP contribution in [0.2, 0.25) is 0 Å². The second kappa shape index (κ2) is 2.36. The van der Waals surface area contributed by atoms with Gasteiger partial charge in [0, 0.05) is 22.7 Å². The van der Waals surface area contributed by atoms with Crippen molar-refractivity contribution < 1.29 is 9.50 Å². The molecule has 14 heavy (non-hydrogen) atoms. The van der Waals surface area contributed by atoms with Crippen LogP contribution < -0.4 is 0 Å². The summed E-state index contributed by atoms with van der Waals surface area (Å²) in [5.41, 5.74) is 0.401. The van der Waals surface area contributed by atoms with Crippen LogP contribution in [0.3, 0.4) is 0 Å². The van der Waals surface area contributed by atoms with Gasteiger partial charge in [0.05, 0.1) is 5.60 Å². The predicted molar refractivity (Wildman–Crippen MR) is 51.4 cm³/mol. The first-order valence-corrected chi connectivity index (χ1v) is 4.69. The zero-order valence-corrected chi connectivity index (χ0v) is 7.55. The second-order valence-electron chi connectivity index (χ2n) is 3.93. The number of halogens is 1. The Bertz CT molecular complexity index is 499. The van der Waals surface area contributed by atoms with E-state index in [-0.39, 0.29) is 5.82 Å². The molecular formula is C11H10FNO. The number of aromatic nitrogens is 1. The van der Waals surface area contributed by atoms with Gasteiger partial charge in [0.15, 0.2) is 0 Å². The van der Waals surface area contributed by atoms with E-state index in [0.717, 1.165) is 10.9 Å². The lowest BCUT2D eigenvalue weighted by molar-refractivity contribution is 0.147. The van der Waals surface area contributed by atoms with Crippen molar-refractivity contribution in [1.29, 1.82) is 0 Å². The molecule has 72 valence electrons. The van der Waals surface area contributed by atoms with E-state index in [1.54, 1.807) is 12.3 Å². The largest absolute Gasteiger partial charge is 0.385 e. The highest BCUT2D eigenvalue weighted by atomic mass is 19.1. The van der Waals surface area contributed by atoms with E-state index in [0.29, 0.717) is 18.4 Å². The Morgan fingerprint density at radius 1 is 1.36 bits per heavy atom. The van der Waals surface area contributed by atoms with Crippen LogP contribution in [-0.4, -0.2) is 10.1 Å². The Labute approximate surface area is 80.4 Å². The monoisotopic (exact) mass is 191 g/mol. The van der Waals surface area contributed by atoms with Gasteiger partial charge in [-0.05, 0) is 31.0 Å². The van der Waals surface area contributed by atoms with Crippen LogP contribution in [0.25, 0.3) is 10.9 Å². The van der Waals surface area contributed by atoms with Crippen molar-refractivity contribution in [2.24, 2.45) is 0 Å². The third kappa shape index (κ3) is 0.990. The van der Waals surface area contributed by atoms with E-state index in [4.69, 9.17) is 0 Å². The highest BCUT2D eigenvalue weighted by Gasteiger charge is 2.44. The number of aliphatic hydroxyl groups is 1. The third-order valence-corrected chi connectivity index (χ3v) is 2.87. The van der Waals surface area contributed by atoms with E-state index in [2.05, 4.69) is 4.98 Å². The van der Waals surface area contributed by atoms with Gasteiger partial charge in [-0.3, -0.25) is 0 Å². The number of fused-ring (bicyclic) bond motifs is 1. The van der Waals surface area contributed by atoms with Gasteiger partial charge < -0.3 is 10.1 Å². The molecule has 0 radical (unpaired) electrons. The maximum absolute atomic E-state index is 13.6. The summed E-state index contributed by atoms with van der Waals surface area (Å²) >= 11 is 0. The molecule has 0 unspecified atom stereocenters. The fourth-order valence-electron chi connectivity index (χ4n) is 1.82. The van der Waals surface area contributed by atoms with Crippen molar-refractivity contribution >= 4 is 10.9 Å². The van der Waals surface area contributed by atoms with Gasteiger partial charge in [0.1, 0.15) is 5.82 Å². The molecule has 0 bridgehead atoms. The van der Waals surface area contributed by atoms with E-state index < -0.39 is 5.60 Å². The minimum absolute atomic E-state index is 0.308. The fraction of sp³-hybridized carbons (Fsp3) is 0.273. The molecule has 1 heterocycles. The van der Waals surface area contributed by atoms with E-state index in [1.807, 2.05) is 6.07 Å². The van der Waals surface area contributed by atoms with Crippen LogP contribution in [0, 0.1) is 5.82 Å². The van der Waals surface area contributed by atoms with Crippen molar-refractivity contribution in [2.75, 3.05) is 0 Å². The van der Waals surface area contributed by atoms with Crippen molar-refractivity contribution in [1.82, 2.24) is 4.98 Å². The first kappa shape index (κ1) is 8.00. The highest BCUT2D eigenvalue weighted by Crippen LogP contribution is 2.46. The Morgan fingerprint density at radius 2 is 2.14 bits per heavy atom. The van der Waals surface area contributed by atoms with Gasteiger partial charge in [-0.2, -0.15) is 0 Å². The standard InChI is InChI=1S/C11H10FNO/c12-9-5-7-1-4-13-10(7)6-8(9)11(14)2-3-11/h1,4-6,13-14H,2-3H2. The molecule has 0 spiro atoms. The predicted octanol–water partition coefficient (Wildman–Crippen LogP) is 2.29. The molecule has 2 nitrogen and oxygen atoms in total. The van der Waals surface area contributed by atoms with E-state index in [1.165, 1.54) is 6.07 Å². The Kier molecular flexibility index (Phi) is 1.35. The molecule has 1 aromatic carbocycles. The molecule has 3 heteroatoms. The maximum atomic E-state index is 13.6. The van der Waals surface area contributed by atoms with Crippen LogP contribution >= 0.6 is 0 Å². The average Bonchev–Trinajstić information content (AvgIpc) is 2.75. The van der Waals surface area contributed by atoms with Crippen LogP contribution in [0.4, 0.5) is 4.39 Å². The highest BCUT2D eigenvalue weighted by molar-refractivity contribution is 5.80. The third-order valence-electron chi connectivity index (χ3n) is 2.87. The number of H-pyrrole nitrogens is 1. The molecule has 2 N–H and O–H groups in total. The van der Waals surface area contributed by atoms with Gasteiger partial charge in [0.25, 0.3) is 0 Å². The second-order valence-corrected chi connectivity index (χ2v) is 3.93. The van der Waals surface area contributed by atoms with E-state index in [9.17, 15) is 9.50 Å². The molecular weight excluding hydrogens is 181 g/mol. The summed E-state index contributed by atoms with van der Waals surface area (Å²) in [5, 5.41) is 10.7. The zero-order valence-electron chi connectivity index (χ0n) is 7.55. The number of aromatic amines is 1. The molecule has 3 rings (SSSR count). The van der Waals surface area contributed by atoms with Gasteiger partial charge in [-0.25, -0.2) is 4.39 Å². The average molecular weight is 191 g/mol. The molecule has 1 fully saturated rings. The number of hydrogen-bond donors (Lipinski definition) is 2. The smallest absolute Gasteiger partial charge is 0.130 e. The van der Waals surface area contributed by atoms with Crippen LogP contribution in [0.1, 0.15) is 18.4 Å². The lowest BCUT2D eigenvalue weighted by atomic mass is 10.1. The summed E-state index contributed by atoms with van der Waals surface area (Å²) in [4.78, 5) is 3.01. The molecule has 0 saturated heterocycles. The van der Waals surface area contributed by atoms with Crippen molar-refractivity contribution in [2.45, 2.75) is 18.4 Å². The number of rotatable bonds is 1. The lowest BCUT2D eigenvalue weighted by Crippen LogP contribution is -2.06. The normalized spacial score (nSPS) is 18.7. The maximum Gasteiger partial charge on any atom is 0.130 e. The molecule has 1 aliphatic carbocycles. The van der Waals surface area contributed by atoms with Gasteiger partial charge >= 0.3 is 0 Å². The molecule has 1 saturated carbocycles. The van der Waals surface area contributed by atoms with Crippen LogP contribution in [0.5, 0.6) is 0 Å². The molecule has 0 aliphatic heterocycles. The minimum Gasteiger partial charge on any atom is -0.385 e. The zero-order chi connectivity index (χ0) is 9.76. The van der Waals surface area contributed by atoms with Gasteiger partial charge in [0.2, 0.25) is 0 Å². The summed E-state index contributed by atoms with van der Waals surface area (Å²) < 4.78 is 13.6. The number of nitrogens with one attached hydrogen (secondary N) is 1. The summed E-state index contributed by atoms with van der Waals surface area (Å²) in [6.45, 7) is 0. The molecule has 1 aliphatic rings. The molecule has 0 atom stereocenters. The summed E-state index contributed by atoms with van der Waals surface area (Å²) in [6.07, 6.45) is 3.09. The Hall–Kier alpha value is -1.35. The SMILES string of the molecule is OC1(c2cc3[nH]ccc3cc2F)CC1. The minimum atomic E-state index is -0.899. The topological polar surface area (TPSA) is 36.0 Å². The van der Waals surface area contributed by atoms with Crippen molar-refractivity contribution in [3.05, 3.63) is 35.8 Å². The summed E-state index contributed by atoms with van der Waals surface area (Å²) in [7, 11) is 0. The van der Waals surface area contributed by atoms with Gasteiger partial charge in [-0.1, -0.05) is 0 Å². The van der Waals surface area contributed by atoms with Gasteiger partial charge in [-0.15, -0.1) is 0 Å². The Balaban J connectivity index is 2.27. The fourth-order valence-corrected chi connectivity index (χ4v) is 1.82. The van der Waals surface area contributed by atoms with Crippen LogP contribution in [-0.2, 0) is 5.60 Å². The summed E-state index contributed by atoms with van der Waals surface area (Å²) in [5.74, 6) is -0.308. The molecule has 0 amide bonds. The lowest BCUT2D eigenvalue weighted by Gasteiger charge is -2.09. The van der Waals surface area contributed by atoms with E-state index >= 15 is 0 Å². The van der Waals surface area contributed by atoms with Crippen molar-refractivity contribution in [3.8, 4) is 0 Å². The molecule has 2 aromatic rings. The number of benzene rings is 1. The first-order valence-electron chi connectivity index (χ1n) is 4.69. The molecule has 1 aromatic heterocycles. The first-order chi connectivity index (χ1) is 6.69. The quantitative estimate of drug-likeness (QED) is 0.712. The summed E-state index contributed by atoms with van der Waals surface area (Å²) in [6, 6.07) is 4.99. The van der Waals surface area contributed by atoms with Crippen LogP contribution in [0.15, 0.2) is 24.4 Å².